The Balaban J connectivity index is 1.74. The molecule has 4 heteroatoms. The summed E-state index contributed by atoms with van der Waals surface area (Å²) in [5.74, 6) is 0. The van der Waals surface area contributed by atoms with E-state index >= 15 is 0 Å². The predicted octanol–water partition coefficient (Wildman–Crippen LogP) is 2.72. The third-order valence-corrected chi connectivity index (χ3v) is 4.66. The van der Waals surface area contributed by atoms with Crippen molar-refractivity contribution in [3.8, 4) is 0 Å². The van der Waals surface area contributed by atoms with Gasteiger partial charge in [-0.25, -0.2) is 4.98 Å². The van der Waals surface area contributed by atoms with Crippen LogP contribution in [0.3, 0.4) is 0 Å². The highest BCUT2D eigenvalue weighted by Crippen LogP contribution is 2.17. The fraction of sp³-hybridized carbons (Fsp3) is 0.786. The number of aryl methyl sites for hydroxylation is 2. The van der Waals surface area contributed by atoms with Gasteiger partial charge in [-0.2, -0.15) is 0 Å². The molecule has 1 aliphatic heterocycles. The average molecular weight is 267 g/mol. The number of hydrogen-bond donors (Lipinski definition) is 1. The number of likely N-dealkylation sites (tertiary alicyclic amines) is 1. The van der Waals surface area contributed by atoms with Gasteiger partial charge < -0.3 is 10.2 Å². The van der Waals surface area contributed by atoms with Gasteiger partial charge in [-0.15, -0.1) is 11.3 Å². The SMILES string of the molecule is Cc1nc(C)c(CNC(C)CN2CCCCC2)s1. The molecule has 0 saturated carbocycles. The number of piperidine rings is 1. The van der Waals surface area contributed by atoms with E-state index < -0.39 is 0 Å². The summed E-state index contributed by atoms with van der Waals surface area (Å²) < 4.78 is 0. The third-order valence-electron chi connectivity index (χ3n) is 3.59. The van der Waals surface area contributed by atoms with Crippen LogP contribution in [-0.2, 0) is 6.54 Å². The van der Waals surface area contributed by atoms with Crippen molar-refractivity contribution in [2.45, 2.75) is 52.6 Å². The number of nitrogens with one attached hydrogen (secondary N) is 1. The van der Waals surface area contributed by atoms with Gasteiger partial charge in [0, 0.05) is 24.0 Å². The Morgan fingerprint density at radius 1 is 1.28 bits per heavy atom. The smallest absolute Gasteiger partial charge is 0.0900 e. The standard InChI is InChI=1S/C14H25N3S/c1-11(10-17-7-5-4-6-8-17)15-9-14-12(2)16-13(3)18-14/h11,15H,4-10H2,1-3H3. The maximum absolute atomic E-state index is 4.47. The number of thiazole rings is 1. The molecular weight excluding hydrogens is 242 g/mol. The van der Waals surface area contributed by atoms with Crippen molar-refractivity contribution >= 4 is 11.3 Å². The summed E-state index contributed by atoms with van der Waals surface area (Å²) >= 11 is 1.82. The molecule has 0 aliphatic carbocycles. The maximum atomic E-state index is 4.47. The van der Waals surface area contributed by atoms with Gasteiger partial charge in [0.15, 0.2) is 0 Å². The summed E-state index contributed by atoms with van der Waals surface area (Å²) in [6, 6.07) is 0.560. The molecule has 0 spiro atoms. The van der Waals surface area contributed by atoms with E-state index in [1.165, 1.54) is 54.5 Å². The van der Waals surface area contributed by atoms with Gasteiger partial charge >= 0.3 is 0 Å². The van der Waals surface area contributed by atoms with E-state index in [9.17, 15) is 0 Å². The molecule has 1 fully saturated rings. The lowest BCUT2D eigenvalue weighted by atomic mass is 10.1. The quantitative estimate of drug-likeness (QED) is 0.889. The van der Waals surface area contributed by atoms with Crippen LogP contribution in [0.4, 0.5) is 0 Å². The number of hydrogen-bond acceptors (Lipinski definition) is 4. The first kappa shape index (κ1) is 14.0. The van der Waals surface area contributed by atoms with Crippen LogP contribution >= 0.6 is 11.3 Å². The Hall–Kier alpha value is -0.450. The maximum Gasteiger partial charge on any atom is 0.0900 e. The molecule has 1 atom stereocenters. The molecule has 0 bridgehead atoms. The molecule has 1 aromatic rings. The predicted molar refractivity (Wildman–Crippen MR) is 78.2 cm³/mol. The summed E-state index contributed by atoms with van der Waals surface area (Å²) in [6.45, 7) is 11.2. The van der Waals surface area contributed by atoms with E-state index in [0.717, 1.165) is 6.54 Å². The van der Waals surface area contributed by atoms with E-state index in [1.807, 2.05) is 11.3 Å². The molecule has 1 aromatic heterocycles. The van der Waals surface area contributed by atoms with E-state index in [-0.39, 0.29) is 0 Å². The molecule has 1 N–H and O–H groups in total. The zero-order valence-corrected chi connectivity index (χ0v) is 12.6. The average Bonchev–Trinajstić information content (AvgIpc) is 2.66. The second-order valence-corrected chi connectivity index (χ2v) is 6.67. The molecule has 0 amide bonds. The zero-order valence-electron chi connectivity index (χ0n) is 11.8. The van der Waals surface area contributed by atoms with E-state index in [2.05, 4.69) is 36.0 Å². The minimum Gasteiger partial charge on any atom is -0.308 e. The van der Waals surface area contributed by atoms with Crippen molar-refractivity contribution in [3.05, 3.63) is 15.6 Å². The molecule has 2 heterocycles. The van der Waals surface area contributed by atoms with Crippen molar-refractivity contribution in [1.82, 2.24) is 15.2 Å². The van der Waals surface area contributed by atoms with Crippen LogP contribution in [0.15, 0.2) is 0 Å². The van der Waals surface area contributed by atoms with Crippen LogP contribution in [0.5, 0.6) is 0 Å². The minimum absolute atomic E-state index is 0.560. The molecule has 1 aliphatic rings. The second kappa shape index (κ2) is 6.64. The summed E-state index contributed by atoms with van der Waals surface area (Å²) in [6.07, 6.45) is 4.16. The summed E-state index contributed by atoms with van der Waals surface area (Å²) in [5, 5.41) is 4.80. The van der Waals surface area contributed by atoms with Crippen LogP contribution in [0.1, 0.15) is 41.8 Å². The molecule has 2 rings (SSSR count). The Bertz CT molecular complexity index is 369. The molecule has 1 unspecified atom stereocenters. The Kier molecular flexibility index (Phi) is 5.15. The van der Waals surface area contributed by atoms with Gasteiger partial charge in [0.2, 0.25) is 0 Å². The van der Waals surface area contributed by atoms with Crippen LogP contribution in [0.25, 0.3) is 0 Å². The lowest BCUT2D eigenvalue weighted by molar-refractivity contribution is 0.209. The molecule has 18 heavy (non-hydrogen) atoms. The lowest BCUT2D eigenvalue weighted by Gasteiger charge is -2.29. The third kappa shape index (κ3) is 4.04. The first-order chi connectivity index (χ1) is 8.65. The van der Waals surface area contributed by atoms with Gasteiger partial charge in [0.05, 0.1) is 10.7 Å². The van der Waals surface area contributed by atoms with E-state index in [1.54, 1.807) is 0 Å². The van der Waals surface area contributed by atoms with Crippen LogP contribution in [0.2, 0.25) is 0 Å². The highest BCUT2D eigenvalue weighted by molar-refractivity contribution is 7.11. The van der Waals surface area contributed by atoms with Crippen molar-refractivity contribution in [3.63, 3.8) is 0 Å². The van der Waals surface area contributed by atoms with E-state index in [0.29, 0.717) is 6.04 Å². The van der Waals surface area contributed by atoms with Gasteiger partial charge in [0.1, 0.15) is 0 Å². The molecule has 102 valence electrons. The van der Waals surface area contributed by atoms with Crippen molar-refractivity contribution < 1.29 is 0 Å². The van der Waals surface area contributed by atoms with Gasteiger partial charge in [-0.05, 0) is 46.7 Å². The summed E-state index contributed by atoms with van der Waals surface area (Å²) in [7, 11) is 0. The minimum atomic E-state index is 0.560. The van der Waals surface area contributed by atoms with Crippen LogP contribution in [0, 0.1) is 13.8 Å². The lowest BCUT2D eigenvalue weighted by Crippen LogP contribution is -2.41. The molecule has 1 saturated heterocycles. The summed E-state index contributed by atoms with van der Waals surface area (Å²) in [5.41, 5.74) is 1.19. The first-order valence-corrected chi connectivity index (χ1v) is 7.85. The highest BCUT2D eigenvalue weighted by atomic mass is 32.1. The highest BCUT2D eigenvalue weighted by Gasteiger charge is 2.13. The largest absolute Gasteiger partial charge is 0.308 e. The van der Waals surface area contributed by atoms with Gasteiger partial charge in [-0.1, -0.05) is 6.42 Å². The zero-order chi connectivity index (χ0) is 13.0. The van der Waals surface area contributed by atoms with Crippen LogP contribution < -0.4 is 5.32 Å². The topological polar surface area (TPSA) is 28.2 Å². The molecule has 0 radical (unpaired) electrons. The molecule has 3 nitrogen and oxygen atoms in total. The Labute approximate surface area is 115 Å². The summed E-state index contributed by atoms with van der Waals surface area (Å²) in [4.78, 5) is 8.45. The van der Waals surface area contributed by atoms with E-state index in [4.69, 9.17) is 0 Å². The van der Waals surface area contributed by atoms with Gasteiger partial charge in [-0.3, -0.25) is 0 Å². The number of rotatable bonds is 5. The van der Waals surface area contributed by atoms with Crippen molar-refractivity contribution in [1.29, 1.82) is 0 Å². The van der Waals surface area contributed by atoms with Crippen LogP contribution in [-0.4, -0.2) is 35.6 Å². The molecule has 0 aromatic carbocycles. The Morgan fingerprint density at radius 2 is 2.00 bits per heavy atom. The van der Waals surface area contributed by atoms with Crippen molar-refractivity contribution in [2.75, 3.05) is 19.6 Å². The van der Waals surface area contributed by atoms with Gasteiger partial charge in [0.25, 0.3) is 0 Å². The normalized spacial score (nSPS) is 19.1. The fourth-order valence-corrected chi connectivity index (χ4v) is 3.49. The fourth-order valence-electron chi connectivity index (χ4n) is 2.60. The monoisotopic (exact) mass is 267 g/mol. The number of nitrogens with zero attached hydrogens (tertiary/aromatic N) is 2. The Morgan fingerprint density at radius 3 is 2.61 bits per heavy atom. The number of aromatic nitrogens is 1. The molecular formula is C14H25N3S. The van der Waals surface area contributed by atoms with Crippen molar-refractivity contribution in [2.24, 2.45) is 0 Å². The first-order valence-electron chi connectivity index (χ1n) is 7.04. The second-order valence-electron chi connectivity index (χ2n) is 5.38.